The molecule has 3 unspecified atom stereocenters. The Bertz CT molecular complexity index is 925. The van der Waals surface area contributed by atoms with Crippen LogP contribution in [0.25, 0.3) is 11.3 Å². The summed E-state index contributed by atoms with van der Waals surface area (Å²) in [5.41, 5.74) is 1.42. The first-order chi connectivity index (χ1) is 15.0. The van der Waals surface area contributed by atoms with E-state index in [1.165, 1.54) is 6.39 Å². The zero-order valence-electron chi connectivity index (χ0n) is 17.6. The topological polar surface area (TPSA) is 102 Å². The van der Waals surface area contributed by atoms with Crippen molar-refractivity contribution in [3.8, 4) is 11.3 Å². The molecular formula is C23H27N3O5. The number of hydrogen-bond donors (Lipinski definition) is 1. The maximum Gasteiger partial charge on any atom is 0.251 e. The second-order valence-corrected chi connectivity index (χ2v) is 8.29. The van der Waals surface area contributed by atoms with Gasteiger partial charge in [-0.25, -0.2) is 4.98 Å². The van der Waals surface area contributed by atoms with Gasteiger partial charge in [-0.1, -0.05) is 19.1 Å². The molecule has 0 radical (unpaired) electrons. The van der Waals surface area contributed by atoms with Gasteiger partial charge in [0.15, 0.2) is 17.9 Å². The summed E-state index contributed by atoms with van der Waals surface area (Å²) in [5.74, 6) is 0.591. The number of hydrogen-bond acceptors (Lipinski definition) is 6. The maximum absolute atomic E-state index is 12.8. The van der Waals surface area contributed by atoms with Gasteiger partial charge in [0.1, 0.15) is 12.6 Å². The lowest BCUT2D eigenvalue weighted by molar-refractivity contribution is -0.141. The van der Waals surface area contributed by atoms with Crippen LogP contribution in [0.3, 0.4) is 0 Å². The van der Waals surface area contributed by atoms with E-state index >= 15 is 0 Å². The summed E-state index contributed by atoms with van der Waals surface area (Å²) in [5, 5.41) is 2.91. The van der Waals surface area contributed by atoms with Crippen LogP contribution in [0.5, 0.6) is 0 Å². The molecule has 2 aliphatic heterocycles. The Kier molecular flexibility index (Phi) is 6.46. The van der Waals surface area contributed by atoms with Gasteiger partial charge in [0.25, 0.3) is 5.91 Å². The van der Waals surface area contributed by atoms with Crippen LogP contribution in [0.15, 0.2) is 41.3 Å². The number of nitrogens with one attached hydrogen (secondary N) is 1. The number of ether oxygens (including phenoxy) is 1. The molecule has 0 saturated carbocycles. The number of carbonyl (C=O) groups is 3. The van der Waals surface area contributed by atoms with Crippen molar-refractivity contribution in [2.24, 2.45) is 5.92 Å². The summed E-state index contributed by atoms with van der Waals surface area (Å²) in [6, 6.07) is 6.71. The Hall–Kier alpha value is -3.00. The van der Waals surface area contributed by atoms with E-state index in [0.29, 0.717) is 37.3 Å². The predicted octanol–water partition coefficient (Wildman–Crippen LogP) is 2.45. The van der Waals surface area contributed by atoms with Gasteiger partial charge < -0.3 is 19.4 Å². The van der Waals surface area contributed by atoms with Crippen LogP contribution in [0.4, 0.5) is 0 Å². The Morgan fingerprint density at radius 1 is 1.29 bits per heavy atom. The number of carbonyl (C=O) groups excluding carboxylic acids is 3. The van der Waals surface area contributed by atoms with Crippen LogP contribution in [0.2, 0.25) is 0 Å². The molecule has 8 heteroatoms. The van der Waals surface area contributed by atoms with Crippen LogP contribution in [-0.4, -0.2) is 59.3 Å². The van der Waals surface area contributed by atoms with Crippen LogP contribution >= 0.6 is 0 Å². The highest BCUT2D eigenvalue weighted by molar-refractivity contribution is 5.94. The molecule has 2 amide bonds. The summed E-state index contributed by atoms with van der Waals surface area (Å²) in [7, 11) is 0. The quantitative estimate of drug-likeness (QED) is 0.731. The lowest BCUT2D eigenvalue weighted by atomic mass is 9.95. The van der Waals surface area contributed by atoms with Crippen LogP contribution in [-0.2, 0) is 14.3 Å². The molecule has 3 atom stereocenters. The van der Waals surface area contributed by atoms with Crippen molar-refractivity contribution in [1.82, 2.24) is 15.2 Å². The number of oxazole rings is 1. The van der Waals surface area contributed by atoms with E-state index < -0.39 is 6.04 Å². The minimum Gasteiger partial charge on any atom is -0.444 e. The van der Waals surface area contributed by atoms with Crippen molar-refractivity contribution >= 4 is 17.6 Å². The fourth-order valence-corrected chi connectivity index (χ4v) is 4.27. The van der Waals surface area contributed by atoms with Crippen molar-refractivity contribution in [3.05, 3.63) is 42.4 Å². The summed E-state index contributed by atoms with van der Waals surface area (Å²) in [6.07, 6.45) is 5.58. The molecule has 2 fully saturated rings. The SMILES string of the molecule is CC(CCNC(=O)c1ccc(-c2cnco2)cc1)CC(=O)N1CCCC2OCC(=O)C21. The van der Waals surface area contributed by atoms with E-state index in [2.05, 4.69) is 10.3 Å². The van der Waals surface area contributed by atoms with Gasteiger partial charge in [0.05, 0.1) is 12.3 Å². The molecule has 1 aromatic carbocycles. The summed E-state index contributed by atoms with van der Waals surface area (Å²) >= 11 is 0. The van der Waals surface area contributed by atoms with Crippen molar-refractivity contribution in [1.29, 1.82) is 0 Å². The average molecular weight is 425 g/mol. The number of Topliss-reactive ketones (excluding diaryl/α,β-unsaturated/α-hetero) is 1. The van der Waals surface area contributed by atoms with E-state index in [1.807, 2.05) is 19.1 Å². The molecule has 0 spiro atoms. The molecule has 31 heavy (non-hydrogen) atoms. The highest BCUT2D eigenvalue weighted by atomic mass is 16.5. The summed E-state index contributed by atoms with van der Waals surface area (Å²) in [4.78, 5) is 42.8. The fourth-order valence-electron chi connectivity index (χ4n) is 4.27. The number of rotatable bonds is 7. The number of aromatic nitrogens is 1. The van der Waals surface area contributed by atoms with Gasteiger partial charge >= 0.3 is 0 Å². The minimum atomic E-state index is -0.409. The van der Waals surface area contributed by atoms with E-state index in [1.54, 1.807) is 23.2 Å². The zero-order chi connectivity index (χ0) is 21.8. The molecule has 164 valence electrons. The van der Waals surface area contributed by atoms with Gasteiger partial charge in [0.2, 0.25) is 5.91 Å². The van der Waals surface area contributed by atoms with Gasteiger partial charge in [0, 0.05) is 30.6 Å². The summed E-state index contributed by atoms with van der Waals surface area (Å²) < 4.78 is 10.8. The zero-order valence-corrected chi connectivity index (χ0v) is 17.6. The molecule has 3 heterocycles. The number of fused-ring (bicyclic) bond motifs is 1. The number of benzene rings is 1. The molecule has 2 saturated heterocycles. The van der Waals surface area contributed by atoms with Crippen LogP contribution < -0.4 is 5.32 Å². The van der Waals surface area contributed by atoms with E-state index in [0.717, 1.165) is 18.4 Å². The first-order valence-corrected chi connectivity index (χ1v) is 10.7. The highest BCUT2D eigenvalue weighted by Gasteiger charge is 2.44. The van der Waals surface area contributed by atoms with Gasteiger partial charge in [-0.3, -0.25) is 14.4 Å². The Morgan fingerprint density at radius 2 is 2.10 bits per heavy atom. The van der Waals surface area contributed by atoms with Crippen LogP contribution in [0.1, 0.15) is 43.0 Å². The molecule has 1 N–H and O–H groups in total. The number of likely N-dealkylation sites (tertiary alicyclic amines) is 1. The molecule has 0 aliphatic carbocycles. The second kappa shape index (κ2) is 9.43. The first kappa shape index (κ1) is 21.2. The van der Waals surface area contributed by atoms with Crippen LogP contribution in [0, 0.1) is 5.92 Å². The van der Waals surface area contributed by atoms with E-state index in [4.69, 9.17) is 9.15 Å². The van der Waals surface area contributed by atoms with Crippen molar-refractivity contribution in [3.63, 3.8) is 0 Å². The minimum absolute atomic E-state index is 0.00428. The lowest BCUT2D eigenvalue weighted by Gasteiger charge is -2.36. The maximum atomic E-state index is 12.8. The fraction of sp³-hybridized carbons (Fsp3) is 0.478. The molecular weight excluding hydrogens is 398 g/mol. The average Bonchev–Trinajstić information content (AvgIpc) is 3.44. The molecule has 1 aromatic heterocycles. The number of amides is 2. The lowest BCUT2D eigenvalue weighted by Crippen LogP contribution is -2.52. The smallest absolute Gasteiger partial charge is 0.251 e. The van der Waals surface area contributed by atoms with Gasteiger partial charge in [-0.15, -0.1) is 0 Å². The first-order valence-electron chi connectivity index (χ1n) is 10.7. The van der Waals surface area contributed by atoms with Gasteiger partial charge in [-0.2, -0.15) is 0 Å². The normalized spacial score (nSPS) is 21.6. The third kappa shape index (κ3) is 4.85. The largest absolute Gasteiger partial charge is 0.444 e. The third-order valence-corrected chi connectivity index (χ3v) is 5.98. The molecule has 0 bridgehead atoms. The van der Waals surface area contributed by atoms with E-state index in [-0.39, 0.29) is 36.2 Å². The van der Waals surface area contributed by atoms with E-state index in [9.17, 15) is 14.4 Å². The van der Waals surface area contributed by atoms with Crippen molar-refractivity contribution < 1.29 is 23.5 Å². The molecule has 8 nitrogen and oxygen atoms in total. The Balaban J connectivity index is 1.22. The number of nitrogens with zero attached hydrogens (tertiary/aromatic N) is 2. The monoisotopic (exact) mass is 425 g/mol. The Labute approximate surface area is 181 Å². The second-order valence-electron chi connectivity index (χ2n) is 8.29. The Morgan fingerprint density at radius 3 is 2.84 bits per heavy atom. The standard InChI is InChI=1S/C23H27N3O5/c1-15(11-21(28)26-10-2-3-19-22(26)18(27)13-30-19)8-9-25-23(29)17-6-4-16(5-7-17)20-12-24-14-31-20/h4-7,12,14-15,19,22H,2-3,8-11,13H2,1H3,(H,25,29). The van der Waals surface area contributed by atoms with Crippen molar-refractivity contribution in [2.45, 2.75) is 44.8 Å². The third-order valence-electron chi connectivity index (χ3n) is 5.98. The molecule has 2 aromatic rings. The van der Waals surface area contributed by atoms with Crippen molar-refractivity contribution in [2.75, 3.05) is 19.7 Å². The number of ketones is 1. The molecule has 2 aliphatic rings. The predicted molar refractivity (Wildman–Crippen MR) is 112 cm³/mol. The highest BCUT2D eigenvalue weighted by Crippen LogP contribution is 2.27. The molecule has 4 rings (SSSR count). The number of piperidine rings is 1. The summed E-state index contributed by atoms with van der Waals surface area (Å²) in [6.45, 7) is 3.19. The van der Waals surface area contributed by atoms with Gasteiger partial charge in [-0.05, 0) is 37.3 Å².